The van der Waals surface area contributed by atoms with Gasteiger partial charge in [0.25, 0.3) is 0 Å². The molecule has 4 heteroatoms. The zero-order chi connectivity index (χ0) is 15.2. The quantitative estimate of drug-likeness (QED) is 0.743. The second-order valence-electron chi connectivity index (χ2n) is 5.85. The van der Waals surface area contributed by atoms with E-state index in [1.54, 1.807) is 0 Å². The zero-order valence-corrected chi connectivity index (χ0v) is 14.7. The van der Waals surface area contributed by atoms with Crippen LogP contribution in [0.1, 0.15) is 51.1 Å². The van der Waals surface area contributed by atoms with Gasteiger partial charge in [-0.3, -0.25) is 0 Å². The molecule has 1 unspecified atom stereocenters. The van der Waals surface area contributed by atoms with Crippen molar-refractivity contribution >= 4 is 21.6 Å². The molecular formula is C17H27BrN2O. The number of hydrogen-bond acceptors (Lipinski definition) is 3. The average Bonchev–Trinajstić information content (AvgIpc) is 2.41. The van der Waals surface area contributed by atoms with Crippen LogP contribution in [-0.2, 0) is 0 Å². The number of hydrogen-bond donors (Lipinski definition) is 2. The number of aliphatic hydroxyl groups excluding tert-OH is 1. The summed E-state index contributed by atoms with van der Waals surface area (Å²) in [4.78, 5) is 2.46. The van der Waals surface area contributed by atoms with E-state index in [4.69, 9.17) is 5.11 Å². The maximum atomic E-state index is 9.13. The minimum Gasteiger partial charge on any atom is -0.396 e. The van der Waals surface area contributed by atoms with E-state index in [-0.39, 0.29) is 6.61 Å². The lowest BCUT2D eigenvalue weighted by molar-refractivity contribution is 0.283. The molecule has 0 saturated heterocycles. The third-order valence-electron chi connectivity index (χ3n) is 4.36. The molecule has 3 nitrogen and oxygen atoms in total. The molecule has 1 aromatic carbocycles. The van der Waals surface area contributed by atoms with Crippen LogP contribution in [0.3, 0.4) is 0 Å². The summed E-state index contributed by atoms with van der Waals surface area (Å²) in [5.74, 6) is 0. The highest BCUT2D eigenvalue weighted by atomic mass is 79.9. The van der Waals surface area contributed by atoms with Crippen molar-refractivity contribution in [3.8, 4) is 0 Å². The van der Waals surface area contributed by atoms with Crippen molar-refractivity contribution in [2.75, 3.05) is 24.6 Å². The molecule has 0 amide bonds. The molecular weight excluding hydrogens is 328 g/mol. The molecule has 0 aromatic heterocycles. The van der Waals surface area contributed by atoms with E-state index in [9.17, 15) is 0 Å². The topological polar surface area (TPSA) is 35.5 Å². The van der Waals surface area contributed by atoms with E-state index < -0.39 is 0 Å². The average molecular weight is 355 g/mol. The van der Waals surface area contributed by atoms with Crippen LogP contribution in [0.4, 0.5) is 5.69 Å². The lowest BCUT2D eigenvalue weighted by Gasteiger charge is -2.40. The summed E-state index contributed by atoms with van der Waals surface area (Å²) in [6.07, 6.45) is 4.70. The highest BCUT2D eigenvalue weighted by molar-refractivity contribution is 9.10. The van der Waals surface area contributed by atoms with Crippen LogP contribution in [-0.4, -0.2) is 30.8 Å². The fraction of sp³-hybridized carbons (Fsp3) is 0.647. The summed E-state index contributed by atoms with van der Waals surface area (Å²) >= 11 is 3.75. The second kappa shape index (κ2) is 8.16. The van der Waals surface area contributed by atoms with E-state index in [1.807, 2.05) is 0 Å². The summed E-state index contributed by atoms with van der Waals surface area (Å²) < 4.78 is 1.16. The van der Waals surface area contributed by atoms with Crippen LogP contribution in [0.5, 0.6) is 0 Å². The number of benzene rings is 1. The summed E-state index contributed by atoms with van der Waals surface area (Å²) in [5, 5.41) is 12.6. The van der Waals surface area contributed by atoms with Crippen LogP contribution < -0.4 is 10.2 Å². The molecule has 1 fully saturated rings. The molecule has 0 spiro atoms. The molecule has 1 atom stereocenters. The van der Waals surface area contributed by atoms with Gasteiger partial charge >= 0.3 is 0 Å². The van der Waals surface area contributed by atoms with E-state index in [0.717, 1.165) is 24.0 Å². The Morgan fingerprint density at radius 3 is 2.71 bits per heavy atom. The lowest BCUT2D eigenvalue weighted by atomic mass is 9.90. The number of nitrogens with zero attached hydrogens (tertiary/aromatic N) is 1. The van der Waals surface area contributed by atoms with Gasteiger partial charge in [-0.05, 0) is 72.8 Å². The van der Waals surface area contributed by atoms with Gasteiger partial charge < -0.3 is 15.3 Å². The molecule has 118 valence electrons. The smallest absolute Gasteiger partial charge is 0.0513 e. The molecule has 0 radical (unpaired) electrons. The first kappa shape index (κ1) is 16.8. The zero-order valence-electron chi connectivity index (χ0n) is 13.1. The monoisotopic (exact) mass is 354 g/mol. The second-order valence-corrected chi connectivity index (χ2v) is 6.70. The number of rotatable bonds is 8. The summed E-state index contributed by atoms with van der Waals surface area (Å²) in [5.41, 5.74) is 2.57. The van der Waals surface area contributed by atoms with Crippen molar-refractivity contribution in [1.82, 2.24) is 5.32 Å². The molecule has 1 aliphatic carbocycles. The standard InChI is InChI=1S/C17H27BrN2O/c1-3-19-13(2)14-8-9-17(16(18)12-14)20(10-5-11-21)15-6-4-7-15/h8-9,12-13,15,19,21H,3-7,10-11H2,1-2H3. The van der Waals surface area contributed by atoms with Gasteiger partial charge in [0.05, 0.1) is 5.69 Å². The lowest BCUT2D eigenvalue weighted by Crippen LogP contribution is -2.41. The molecule has 0 heterocycles. The van der Waals surface area contributed by atoms with Crippen molar-refractivity contribution in [2.24, 2.45) is 0 Å². The van der Waals surface area contributed by atoms with E-state index >= 15 is 0 Å². The molecule has 2 N–H and O–H groups in total. The van der Waals surface area contributed by atoms with Crippen molar-refractivity contribution < 1.29 is 5.11 Å². The van der Waals surface area contributed by atoms with Crippen LogP contribution >= 0.6 is 15.9 Å². The predicted octanol–water partition coefficient (Wildman–Crippen LogP) is 3.86. The Morgan fingerprint density at radius 1 is 1.43 bits per heavy atom. The summed E-state index contributed by atoms with van der Waals surface area (Å²) in [6, 6.07) is 7.69. The van der Waals surface area contributed by atoms with E-state index in [2.05, 4.69) is 58.2 Å². The number of aliphatic hydroxyl groups is 1. The molecule has 1 aliphatic rings. The minimum atomic E-state index is 0.260. The first-order valence-electron chi connectivity index (χ1n) is 8.07. The van der Waals surface area contributed by atoms with Gasteiger partial charge in [0.15, 0.2) is 0 Å². The number of halogens is 1. The van der Waals surface area contributed by atoms with Gasteiger partial charge in [-0.2, -0.15) is 0 Å². The highest BCUT2D eigenvalue weighted by Gasteiger charge is 2.26. The number of anilines is 1. The molecule has 1 aromatic rings. The fourth-order valence-corrected chi connectivity index (χ4v) is 3.51. The Hall–Kier alpha value is -0.580. The molecule has 1 saturated carbocycles. The van der Waals surface area contributed by atoms with Crippen molar-refractivity contribution in [1.29, 1.82) is 0 Å². The minimum absolute atomic E-state index is 0.260. The van der Waals surface area contributed by atoms with Gasteiger partial charge in [-0.1, -0.05) is 13.0 Å². The fourth-order valence-electron chi connectivity index (χ4n) is 2.89. The molecule has 21 heavy (non-hydrogen) atoms. The maximum Gasteiger partial charge on any atom is 0.0513 e. The normalized spacial score (nSPS) is 16.6. The van der Waals surface area contributed by atoms with Gasteiger partial charge in [-0.25, -0.2) is 0 Å². The Kier molecular flexibility index (Phi) is 6.52. The van der Waals surface area contributed by atoms with Crippen molar-refractivity contribution in [3.63, 3.8) is 0 Å². The van der Waals surface area contributed by atoms with Crippen molar-refractivity contribution in [2.45, 2.75) is 51.6 Å². The largest absolute Gasteiger partial charge is 0.396 e. The first-order valence-corrected chi connectivity index (χ1v) is 8.87. The molecule has 0 bridgehead atoms. The van der Waals surface area contributed by atoms with Gasteiger partial charge in [0.2, 0.25) is 0 Å². The maximum absolute atomic E-state index is 9.13. The highest BCUT2D eigenvalue weighted by Crippen LogP contribution is 2.35. The Bertz CT molecular complexity index is 448. The van der Waals surface area contributed by atoms with E-state index in [1.165, 1.54) is 30.5 Å². The third kappa shape index (κ3) is 4.21. The van der Waals surface area contributed by atoms with Gasteiger partial charge in [0, 0.05) is 29.7 Å². The molecule has 2 rings (SSSR count). The predicted molar refractivity (Wildman–Crippen MR) is 92.9 cm³/mol. The van der Waals surface area contributed by atoms with Crippen LogP contribution in [0.2, 0.25) is 0 Å². The summed E-state index contributed by atoms with van der Waals surface area (Å²) in [6.45, 7) is 6.50. The Labute approximate surface area is 136 Å². The Balaban J connectivity index is 2.16. The first-order chi connectivity index (χ1) is 10.2. The van der Waals surface area contributed by atoms with Crippen LogP contribution in [0.25, 0.3) is 0 Å². The van der Waals surface area contributed by atoms with Crippen molar-refractivity contribution in [3.05, 3.63) is 28.2 Å². The van der Waals surface area contributed by atoms with Gasteiger partial charge in [0.1, 0.15) is 0 Å². The molecule has 0 aliphatic heterocycles. The van der Waals surface area contributed by atoms with Crippen LogP contribution in [0.15, 0.2) is 22.7 Å². The SMILES string of the molecule is CCNC(C)c1ccc(N(CCCO)C2CCC2)c(Br)c1. The number of nitrogens with one attached hydrogen (secondary N) is 1. The third-order valence-corrected chi connectivity index (χ3v) is 5.00. The summed E-state index contributed by atoms with van der Waals surface area (Å²) in [7, 11) is 0. The van der Waals surface area contributed by atoms with Crippen LogP contribution in [0, 0.1) is 0 Å². The Morgan fingerprint density at radius 2 is 2.19 bits per heavy atom. The van der Waals surface area contributed by atoms with E-state index in [0.29, 0.717) is 12.1 Å². The van der Waals surface area contributed by atoms with Gasteiger partial charge in [-0.15, -0.1) is 0 Å².